The summed E-state index contributed by atoms with van der Waals surface area (Å²) in [6.45, 7) is 10.8. The third-order valence-corrected chi connectivity index (χ3v) is 9.32. The van der Waals surface area contributed by atoms with E-state index in [-0.39, 0.29) is 68.2 Å². The van der Waals surface area contributed by atoms with Gasteiger partial charge in [-0.2, -0.15) is 5.82 Å². The van der Waals surface area contributed by atoms with Crippen LogP contribution in [0.5, 0.6) is 5.75 Å². The maximum Gasteiger partial charge on any atom is 0.508 e. The Bertz CT molecular complexity index is 1190. The molecule has 1 aromatic carbocycles. The highest BCUT2D eigenvalue weighted by molar-refractivity contribution is 8.77. The van der Waals surface area contributed by atoms with Gasteiger partial charge in [-0.15, -0.1) is 0 Å². The Morgan fingerprint density at radius 1 is 1.28 bits per heavy atom. The molecule has 2 amide bonds. The van der Waals surface area contributed by atoms with E-state index in [1.807, 2.05) is 0 Å². The van der Waals surface area contributed by atoms with Crippen LogP contribution in [0.15, 0.2) is 36.9 Å². The second kappa shape index (κ2) is 22.6. The van der Waals surface area contributed by atoms with Crippen LogP contribution in [-0.2, 0) is 28.5 Å². The first kappa shape index (κ1) is 40.3. The Kier molecular flexibility index (Phi) is 19.4. The number of aliphatic hydroxyl groups excluding tert-OH is 1. The van der Waals surface area contributed by atoms with Crippen molar-refractivity contribution in [3.63, 3.8) is 0 Å². The molecule has 2 rings (SSSR count). The molecule has 0 bridgehead atoms. The number of nitrogens with two attached hydrogens (primary N) is 1. The van der Waals surface area contributed by atoms with E-state index < -0.39 is 24.4 Å². The summed E-state index contributed by atoms with van der Waals surface area (Å²) in [5.74, 6) is 5.58. The van der Waals surface area contributed by atoms with Gasteiger partial charge in [-0.1, -0.05) is 67.0 Å². The maximum absolute atomic E-state index is 12.2. The Morgan fingerprint density at radius 2 is 2.09 bits per heavy atom. The van der Waals surface area contributed by atoms with Gasteiger partial charge in [-0.3, -0.25) is 9.59 Å². The molecule has 4 atom stereocenters. The molecule has 2 unspecified atom stereocenters. The number of ether oxygens (including phenoxy) is 6. The van der Waals surface area contributed by atoms with Gasteiger partial charge in [0.1, 0.15) is 43.2 Å². The van der Waals surface area contributed by atoms with Gasteiger partial charge in [-0.25, -0.2) is 4.79 Å². The summed E-state index contributed by atoms with van der Waals surface area (Å²) in [7, 11) is 4.77. The van der Waals surface area contributed by atoms with Crippen LogP contribution in [0.4, 0.5) is 4.79 Å². The molecule has 13 nitrogen and oxygen atoms in total. The molecule has 1 aromatic rings. The fraction of sp³-hybridized carbons (Fsp3) is 0.581. The highest BCUT2D eigenvalue weighted by Crippen LogP contribution is 2.38. The van der Waals surface area contributed by atoms with Crippen molar-refractivity contribution in [3.8, 4) is 17.5 Å². The van der Waals surface area contributed by atoms with E-state index in [4.69, 9.17) is 34.2 Å². The van der Waals surface area contributed by atoms with Crippen molar-refractivity contribution in [2.75, 3.05) is 59.3 Å². The zero-order valence-corrected chi connectivity index (χ0v) is 28.7. The number of amides is 2. The number of carbonyl (C=O) groups is 3. The Hall–Kier alpha value is -2.91. The summed E-state index contributed by atoms with van der Waals surface area (Å²) >= 11 is 0. The second-order valence-electron chi connectivity index (χ2n) is 10.9. The zero-order chi connectivity index (χ0) is 34.5. The third-order valence-electron chi connectivity index (χ3n) is 5.80. The Morgan fingerprint density at radius 3 is 2.81 bits per heavy atom. The number of benzene rings is 1. The Balaban J connectivity index is 1.68. The summed E-state index contributed by atoms with van der Waals surface area (Å²) in [6, 6.07) is 6.44. The maximum atomic E-state index is 12.2. The molecule has 0 saturated carbocycles. The molecule has 259 valence electrons. The van der Waals surface area contributed by atoms with Crippen molar-refractivity contribution in [2.45, 2.75) is 55.6 Å². The third kappa shape index (κ3) is 17.7. The van der Waals surface area contributed by atoms with Crippen LogP contribution in [0.3, 0.4) is 0 Å². The van der Waals surface area contributed by atoms with Gasteiger partial charge in [0, 0.05) is 35.8 Å². The van der Waals surface area contributed by atoms with Crippen LogP contribution in [0.25, 0.3) is 0 Å². The predicted octanol–water partition coefficient (Wildman–Crippen LogP) is 1.89. The first-order chi connectivity index (χ1) is 22.5. The number of hydrogen-bond acceptors (Lipinski definition) is 13. The van der Waals surface area contributed by atoms with E-state index in [2.05, 4.69) is 49.7 Å². The van der Waals surface area contributed by atoms with E-state index in [0.29, 0.717) is 30.8 Å². The minimum absolute atomic E-state index is 0.00756. The molecule has 1 saturated heterocycles. The average molecular weight is 695 g/mol. The second-order valence-corrected chi connectivity index (χ2v) is 14.1. The van der Waals surface area contributed by atoms with E-state index in [1.54, 1.807) is 42.3 Å². The van der Waals surface area contributed by atoms with E-state index >= 15 is 0 Å². The topological polar surface area (TPSA) is 177 Å². The van der Waals surface area contributed by atoms with Crippen LogP contribution in [0.1, 0.15) is 37.6 Å². The van der Waals surface area contributed by atoms with Crippen molar-refractivity contribution < 1.29 is 47.9 Å². The van der Waals surface area contributed by atoms with E-state index in [1.165, 1.54) is 16.9 Å². The van der Waals surface area contributed by atoms with Crippen molar-refractivity contribution in [1.29, 1.82) is 0 Å². The normalized spacial score (nSPS) is 17.9. The smallest absolute Gasteiger partial charge is 0.490 e. The summed E-state index contributed by atoms with van der Waals surface area (Å²) in [5.41, 5.74) is 5.60. The fourth-order valence-corrected chi connectivity index (χ4v) is 5.90. The van der Waals surface area contributed by atoms with Crippen LogP contribution in [0.2, 0.25) is 0 Å². The average Bonchev–Trinajstić information content (AvgIpc) is 3.43. The largest absolute Gasteiger partial charge is 0.508 e. The molecule has 0 aliphatic carbocycles. The molecule has 1 fully saturated rings. The first-order valence-corrected chi connectivity index (χ1v) is 17.3. The molecular formula is C31H45BN3O10S2. The van der Waals surface area contributed by atoms with Gasteiger partial charge in [0.15, 0.2) is 0 Å². The van der Waals surface area contributed by atoms with Gasteiger partial charge in [0.2, 0.25) is 5.91 Å². The lowest BCUT2D eigenvalue weighted by atomic mass is 9.71. The first-order valence-electron chi connectivity index (χ1n) is 15.1. The van der Waals surface area contributed by atoms with Crippen LogP contribution in [0, 0.1) is 11.7 Å². The lowest BCUT2D eigenvalue weighted by Crippen LogP contribution is -2.30. The molecule has 47 heavy (non-hydrogen) atoms. The molecule has 5 N–H and O–H groups in total. The Labute approximate surface area is 285 Å². The lowest BCUT2D eigenvalue weighted by molar-refractivity contribution is -0.126. The molecule has 1 heterocycles. The van der Waals surface area contributed by atoms with Crippen LogP contribution in [-0.4, -0.2) is 118 Å². The van der Waals surface area contributed by atoms with Crippen LogP contribution >= 0.6 is 21.6 Å². The predicted molar refractivity (Wildman–Crippen MR) is 182 cm³/mol. The standard InChI is InChI=1S/C31H45BN3O10S2/c1-5-14-42-30(39)45-24-18-26(44-25(24)19-36)32-10-7-12-34-27(37)20-40-15-16-41-28(46-47-31(2,3)4)21-43-23-9-6-8-22(17-23)29(38)35-13-11-33/h5-6,8-9,17,24-26,28,36H,1,11-16,18-21,33H2,2-4H3,(H,34,37)(H,35,38)/t24-,25?,26-,28?/m1/s1. The summed E-state index contributed by atoms with van der Waals surface area (Å²) in [5, 5.41) is 14.9. The molecule has 0 aromatic heterocycles. The lowest BCUT2D eigenvalue weighted by Gasteiger charge is -2.22. The molecule has 1 radical (unpaired) electrons. The quantitative estimate of drug-likeness (QED) is 0.0296. The molecule has 16 heteroatoms. The minimum Gasteiger partial charge on any atom is -0.490 e. The number of aliphatic hydroxyl groups is 1. The molecule has 0 spiro atoms. The number of hydrogen-bond donors (Lipinski definition) is 4. The van der Waals surface area contributed by atoms with E-state index in [9.17, 15) is 19.5 Å². The number of nitrogens with one attached hydrogen (secondary N) is 2. The van der Waals surface area contributed by atoms with Gasteiger partial charge >= 0.3 is 6.16 Å². The summed E-state index contributed by atoms with van der Waals surface area (Å²) in [4.78, 5) is 36.0. The van der Waals surface area contributed by atoms with E-state index in [0.717, 1.165) is 0 Å². The molecule has 1 aliphatic heterocycles. The van der Waals surface area contributed by atoms with Gasteiger partial charge in [0.25, 0.3) is 13.2 Å². The molecular weight excluding hydrogens is 649 g/mol. The minimum atomic E-state index is -0.864. The summed E-state index contributed by atoms with van der Waals surface area (Å²) in [6.07, 6.45) is -0.489. The van der Waals surface area contributed by atoms with Gasteiger partial charge < -0.3 is 49.9 Å². The van der Waals surface area contributed by atoms with Crippen molar-refractivity contribution in [2.24, 2.45) is 5.73 Å². The zero-order valence-electron chi connectivity index (χ0n) is 27.1. The molecule has 1 aliphatic rings. The highest BCUT2D eigenvalue weighted by Gasteiger charge is 2.37. The fourth-order valence-electron chi connectivity index (χ4n) is 3.71. The SMILES string of the molecule is C=CCOC(=O)O[C@@H]1C[C@H]([B]C#CCNC(=O)COCCOC(COc2cccc(C(=O)NCCN)c2)SSC(C)(C)C)OC1CO. The van der Waals surface area contributed by atoms with Crippen molar-refractivity contribution >= 4 is 46.8 Å². The van der Waals surface area contributed by atoms with Crippen molar-refractivity contribution in [3.05, 3.63) is 42.5 Å². The van der Waals surface area contributed by atoms with Crippen molar-refractivity contribution in [1.82, 2.24) is 10.6 Å². The number of carbonyl (C=O) groups excluding carboxylic acids is 3. The van der Waals surface area contributed by atoms with Gasteiger partial charge in [0.05, 0.1) is 26.4 Å². The number of rotatable bonds is 20. The monoisotopic (exact) mass is 694 g/mol. The highest BCUT2D eigenvalue weighted by atomic mass is 33.1. The van der Waals surface area contributed by atoms with Gasteiger partial charge in [-0.05, 0) is 18.2 Å². The summed E-state index contributed by atoms with van der Waals surface area (Å²) < 4.78 is 33.0. The van der Waals surface area contributed by atoms with Crippen LogP contribution < -0.4 is 21.1 Å².